The van der Waals surface area contributed by atoms with Gasteiger partial charge in [-0.15, -0.1) is 0 Å². The minimum atomic E-state index is -1.43. The predicted molar refractivity (Wildman–Crippen MR) is 70.4 cm³/mol. The Hall–Kier alpha value is -0.510. The first-order valence-corrected chi connectivity index (χ1v) is 6.65. The standard InChI is InChI=1S/C11H21NO6S/c1-2-3-4-17-11(19)12-10-9(16)8(15)7(14)6(5-13)18-10/h6-10,13-16H,2-5H2,1H3,(H,12,19)/t6-,7+,8+,9+,10+/m0/s1. The molecule has 0 amide bonds. The molecular formula is C11H21NO6S. The maximum absolute atomic E-state index is 9.75. The van der Waals surface area contributed by atoms with E-state index in [9.17, 15) is 15.3 Å². The topological polar surface area (TPSA) is 111 Å². The van der Waals surface area contributed by atoms with Gasteiger partial charge in [-0.1, -0.05) is 13.3 Å². The molecular weight excluding hydrogens is 274 g/mol. The van der Waals surface area contributed by atoms with Gasteiger partial charge in [0.2, 0.25) is 0 Å². The molecule has 1 aliphatic rings. The van der Waals surface area contributed by atoms with Gasteiger partial charge in [-0.25, -0.2) is 0 Å². The van der Waals surface area contributed by atoms with Crippen LogP contribution in [0.5, 0.6) is 0 Å². The molecule has 0 aromatic rings. The minimum Gasteiger partial charge on any atom is -0.471 e. The summed E-state index contributed by atoms with van der Waals surface area (Å²) in [6.45, 7) is 1.98. The fourth-order valence-electron chi connectivity index (χ4n) is 1.69. The van der Waals surface area contributed by atoms with Gasteiger partial charge in [-0.3, -0.25) is 0 Å². The largest absolute Gasteiger partial charge is 0.471 e. The molecule has 19 heavy (non-hydrogen) atoms. The molecule has 1 saturated heterocycles. The van der Waals surface area contributed by atoms with Gasteiger partial charge in [0.15, 0.2) is 6.23 Å². The molecule has 112 valence electrons. The summed E-state index contributed by atoms with van der Waals surface area (Å²) in [5, 5.41) is 40.6. The van der Waals surface area contributed by atoms with E-state index in [1.54, 1.807) is 0 Å². The molecule has 5 atom stereocenters. The van der Waals surface area contributed by atoms with E-state index in [1.807, 2.05) is 6.92 Å². The van der Waals surface area contributed by atoms with E-state index in [0.717, 1.165) is 12.8 Å². The number of nitrogens with one attached hydrogen (secondary N) is 1. The van der Waals surface area contributed by atoms with Crippen molar-refractivity contribution in [3.63, 3.8) is 0 Å². The first-order valence-electron chi connectivity index (χ1n) is 6.25. The van der Waals surface area contributed by atoms with Gasteiger partial charge >= 0.3 is 0 Å². The number of aliphatic hydroxyl groups is 4. The second-order valence-corrected chi connectivity index (χ2v) is 4.75. The van der Waals surface area contributed by atoms with Gasteiger partial charge in [0.05, 0.1) is 13.2 Å². The van der Waals surface area contributed by atoms with Crippen molar-refractivity contribution in [2.75, 3.05) is 13.2 Å². The zero-order chi connectivity index (χ0) is 14.4. The summed E-state index contributed by atoms with van der Waals surface area (Å²) < 4.78 is 10.4. The molecule has 1 rings (SSSR count). The Kier molecular flexibility index (Phi) is 6.90. The van der Waals surface area contributed by atoms with Crippen LogP contribution in [0.15, 0.2) is 0 Å². The van der Waals surface area contributed by atoms with Crippen LogP contribution in [0, 0.1) is 0 Å². The number of aliphatic hydroxyl groups excluding tert-OH is 4. The molecule has 0 aromatic carbocycles. The van der Waals surface area contributed by atoms with Crippen LogP contribution in [0.1, 0.15) is 19.8 Å². The molecule has 0 aromatic heterocycles. The van der Waals surface area contributed by atoms with Crippen LogP contribution in [-0.4, -0.2) is 69.5 Å². The third kappa shape index (κ3) is 4.51. The highest BCUT2D eigenvalue weighted by atomic mass is 32.1. The van der Waals surface area contributed by atoms with Crippen LogP contribution in [0.3, 0.4) is 0 Å². The van der Waals surface area contributed by atoms with E-state index in [2.05, 4.69) is 5.32 Å². The molecule has 0 spiro atoms. The smallest absolute Gasteiger partial charge is 0.258 e. The molecule has 7 nitrogen and oxygen atoms in total. The van der Waals surface area contributed by atoms with E-state index in [-0.39, 0.29) is 5.17 Å². The number of thiocarbonyl (C=S) groups is 1. The Morgan fingerprint density at radius 2 is 1.95 bits per heavy atom. The fourth-order valence-corrected chi connectivity index (χ4v) is 1.89. The lowest BCUT2D eigenvalue weighted by atomic mass is 9.98. The molecule has 0 bridgehead atoms. The normalized spacial score (nSPS) is 34.9. The summed E-state index contributed by atoms with van der Waals surface area (Å²) in [7, 11) is 0. The average molecular weight is 295 g/mol. The van der Waals surface area contributed by atoms with E-state index in [0.29, 0.717) is 6.61 Å². The van der Waals surface area contributed by atoms with Gasteiger partial charge in [0, 0.05) is 0 Å². The lowest BCUT2D eigenvalue weighted by Crippen LogP contribution is -2.63. The van der Waals surface area contributed by atoms with Crippen molar-refractivity contribution < 1.29 is 29.9 Å². The van der Waals surface area contributed by atoms with Crippen molar-refractivity contribution in [3.8, 4) is 0 Å². The molecule has 1 heterocycles. The zero-order valence-corrected chi connectivity index (χ0v) is 11.5. The van der Waals surface area contributed by atoms with Gasteiger partial charge in [-0.2, -0.15) is 0 Å². The number of ether oxygens (including phenoxy) is 2. The summed E-state index contributed by atoms with van der Waals surface area (Å²) in [6.07, 6.45) is -4.38. The highest BCUT2D eigenvalue weighted by Crippen LogP contribution is 2.19. The first kappa shape index (κ1) is 16.5. The molecule has 0 unspecified atom stereocenters. The third-order valence-corrected chi connectivity index (χ3v) is 3.12. The second-order valence-electron chi connectivity index (χ2n) is 4.38. The quantitative estimate of drug-likeness (QED) is 0.307. The van der Waals surface area contributed by atoms with E-state index in [4.69, 9.17) is 26.8 Å². The van der Waals surface area contributed by atoms with Crippen molar-refractivity contribution in [1.82, 2.24) is 5.32 Å². The van der Waals surface area contributed by atoms with Gasteiger partial charge in [0.1, 0.15) is 24.4 Å². The Balaban J connectivity index is 2.49. The summed E-state index contributed by atoms with van der Waals surface area (Å²) in [6, 6.07) is 0. The van der Waals surface area contributed by atoms with Crippen LogP contribution < -0.4 is 5.32 Å². The van der Waals surface area contributed by atoms with Gasteiger partial charge in [-0.05, 0) is 18.6 Å². The van der Waals surface area contributed by atoms with Crippen molar-refractivity contribution >= 4 is 17.4 Å². The number of hydrogen-bond donors (Lipinski definition) is 5. The molecule has 0 radical (unpaired) electrons. The molecule has 1 aliphatic heterocycles. The summed E-state index contributed by atoms with van der Waals surface area (Å²) in [5.41, 5.74) is 0. The average Bonchev–Trinajstić information content (AvgIpc) is 2.39. The number of rotatable bonds is 5. The van der Waals surface area contributed by atoms with E-state index in [1.165, 1.54) is 0 Å². The van der Waals surface area contributed by atoms with E-state index < -0.39 is 37.3 Å². The van der Waals surface area contributed by atoms with Crippen LogP contribution in [-0.2, 0) is 9.47 Å². The third-order valence-electron chi connectivity index (χ3n) is 2.88. The minimum absolute atomic E-state index is 0.0396. The number of unbranched alkanes of at least 4 members (excludes halogenated alkanes) is 1. The van der Waals surface area contributed by atoms with Crippen molar-refractivity contribution in [1.29, 1.82) is 0 Å². The van der Waals surface area contributed by atoms with Gasteiger partial charge < -0.3 is 35.2 Å². The molecule has 8 heteroatoms. The first-order chi connectivity index (χ1) is 9.01. The zero-order valence-electron chi connectivity index (χ0n) is 10.7. The Morgan fingerprint density at radius 3 is 2.53 bits per heavy atom. The van der Waals surface area contributed by atoms with Crippen molar-refractivity contribution in [2.24, 2.45) is 0 Å². The summed E-state index contributed by atoms with van der Waals surface area (Å²) >= 11 is 4.91. The number of hydrogen-bond acceptors (Lipinski definition) is 7. The fraction of sp³-hybridized carbons (Fsp3) is 0.909. The van der Waals surface area contributed by atoms with Crippen LogP contribution >= 0.6 is 12.2 Å². The van der Waals surface area contributed by atoms with Gasteiger partial charge in [0.25, 0.3) is 5.17 Å². The van der Waals surface area contributed by atoms with Crippen LogP contribution in [0.2, 0.25) is 0 Å². The second kappa shape index (κ2) is 7.93. The molecule has 0 aliphatic carbocycles. The summed E-state index contributed by atoms with van der Waals surface area (Å²) in [4.78, 5) is 0. The molecule has 5 N–H and O–H groups in total. The maximum atomic E-state index is 9.75. The predicted octanol–water partition coefficient (Wildman–Crippen LogP) is -1.52. The Labute approximate surface area is 117 Å². The molecule has 1 fully saturated rings. The van der Waals surface area contributed by atoms with Crippen molar-refractivity contribution in [2.45, 2.75) is 50.4 Å². The molecule has 0 saturated carbocycles. The maximum Gasteiger partial charge on any atom is 0.258 e. The van der Waals surface area contributed by atoms with Crippen LogP contribution in [0.4, 0.5) is 0 Å². The highest BCUT2D eigenvalue weighted by Gasteiger charge is 2.43. The summed E-state index contributed by atoms with van der Waals surface area (Å²) in [5.74, 6) is 0. The highest BCUT2D eigenvalue weighted by molar-refractivity contribution is 7.80. The Morgan fingerprint density at radius 1 is 1.26 bits per heavy atom. The Bertz CT molecular complexity index is 290. The van der Waals surface area contributed by atoms with Crippen molar-refractivity contribution in [3.05, 3.63) is 0 Å². The lowest BCUT2D eigenvalue weighted by Gasteiger charge is -2.40. The monoisotopic (exact) mass is 295 g/mol. The lowest BCUT2D eigenvalue weighted by molar-refractivity contribution is -0.233. The van der Waals surface area contributed by atoms with Crippen LogP contribution in [0.25, 0.3) is 0 Å². The SMILES string of the molecule is CCCCOC(=S)N[C@@H]1O[C@@H](CO)[C@@H](O)[C@@H](O)[C@H]1O. The van der Waals surface area contributed by atoms with E-state index >= 15 is 0 Å².